The molecule has 0 saturated carbocycles. The summed E-state index contributed by atoms with van der Waals surface area (Å²) in [4.78, 5) is 15.7. The molecular weight excluding hydrogens is 631 g/mol. The molecule has 0 aliphatic carbocycles. The molecule has 0 radical (unpaired) electrons. The summed E-state index contributed by atoms with van der Waals surface area (Å²) in [6, 6.07) is 51.6. The molecule has 5 nitrogen and oxygen atoms in total. The molecule has 1 N–H and O–H groups in total. The van der Waals surface area contributed by atoms with Crippen molar-refractivity contribution in [2.45, 2.75) is 6.17 Å². The van der Waals surface area contributed by atoms with Crippen molar-refractivity contribution in [2.24, 2.45) is 9.98 Å². The zero-order valence-electron chi connectivity index (χ0n) is 26.7. The SMILES string of the molecule is c1ccc(C2=NC(c3ccc4c(c3)c3c5ccccc5ccc3c3nc5ccccn5c43)=NC(c3ccc4sc5ccccc5c4c3)N2)cc1. The third-order valence-corrected chi connectivity index (χ3v) is 11.2. The van der Waals surface area contributed by atoms with Gasteiger partial charge in [-0.25, -0.2) is 15.0 Å². The molecule has 0 spiro atoms. The summed E-state index contributed by atoms with van der Waals surface area (Å²) in [5.74, 6) is 1.51. The molecular formula is C44H27N5S. The van der Waals surface area contributed by atoms with Crippen molar-refractivity contribution in [3.8, 4) is 0 Å². The normalized spacial score (nSPS) is 15.0. The molecule has 0 saturated heterocycles. The van der Waals surface area contributed by atoms with Gasteiger partial charge in [0.2, 0.25) is 0 Å². The smallest absolute Gasteiger partial charge is 0.159 e. The second-order valence-electron chi connectivity index (χ2n) is 12.9. The van der Waals surface area contributed by atoms with Crippen LogP contribution < -0.4 is 5.32 Å². The Labute approximate surface area is 290 Å². The third kappa shape index (κ3) is 4.09. The molecule has 234 valence electrons. The van der Waals surface area contributed by atoms with Crippen molar-refractivity contribution in [1.82, 2.24) is 14.7 Å². The number of nitrogens with zero attached hydrogens (tertiary/aromatic N) is 4. The summed E-state index contributed by atoms with van der Waals surface area (Å²) in [6.07, 6.45) is 1.80. The van der Waals surface area contributed by atoms with Gasteiger partial charge in [0.1, 0.15) is 17.6 Å². The topological polar surface area (TPSA) is 54.0 Å². The first kappa shape index (κ1) is 27.6. The Bertz CT molecular complexity index is 3080. The number of benzene rings is 7. The molecule has 1 unspecified atom stereocenters. The minimum Gasteiger partial charge on any atom is -0.344 e. The molecule has 7 aromatic carbocycles. The van der Waals surface area contributed by atoms with Crippen molar-refractivity contribution < 1.29 is 0 Å². The lowest BCUT2D eigenvalue weighted by Crippen LogP contribution is -2.33. The maximum Gasteiger partial charge on any atom is 0.159 e. The van der Waals surface area contributed by atoms with E-state index in [0.29, 0.717) is 5.84 Å². The van der Waals surface area contributed by atoms with E-state index < -0.39 is 0 Å². The Morgan fingerprint density at radius 1 is 0.580 bits per heavy atom. The lowest BCUT2D eigenvalue weighted by Gasteiger charge is -2.24. The minimum absolute atomic E-state index is 0.310. The number of aromatic nitrogens is 2. The second-order valence-corrected chi connectivity index (χ2v) is 14.0. The molecule has 4 heterocycles. The molecule has 11 rings (SSSR count). The first-order valence-electron chi connectivity index (χ1n) is 16.8. The van der Waals surface area contributed by atoms with Crippen molar-refractivity contribution >= 4 is 92.2 Å². The Hall–Kier alpha value is -6.37. The summed E-state index contributed by atoms with van der Waals surface area (Å²) in [5, 5.41) is 13.3. The molecule has 1 aliphatic heterocycles. The fourth-order valence-electron chi connectivity index (χ4n) is 7.70. The van der Waals surface area contributed by atoms with E-state index in [0.717, 1.165) is 55.4 Å². The van der Waals surface area contributed by atoms with Crippen LogP contribution in [0.3, 0.4) is 0 Å². The number of imidazole rings is 1. The Balaban J connectivity index is 1.17. The van der Waals surface area contributed by atoms with Gasteiger partial charge in [0.05, 0.1) is 11.0 Å². The number of hydrogen-bond donors (Lipinski definition) is 1. The number of nitrogens with one attached hydrogen (secondary N) is 1. The molecule has 0 fully saturated rings. The first-order chi connectivity index (χ1) is 24.8. The van der Waals surface area contributed by atoms with Gasteiger partial charge in [-0.2, -0.15) is 0 Å². The molecule has 0 amide bonds. The molecule has 50 heavy (non-hydrogen) atoms. The maximum atomic E-state index is 5.32. The van der Waals surface area contributed by atoms with Gasteiger partial charge in [-0.15, -0.1) is 11.3 Å². The van der Waals surface area contributed by atoms with Gasteiger partial charge < -0.3 is 5.32 Å². The maximum absolute atomic E-state index is 5.32. The molecule has 10 aromatic rings. The van der Waals surface area contributed by atoms with Crippen LogP contribution in [-0.2, 0) is 0 Å². The summed E-state index contributed by atoms with van der Waals surface area (Å²) >= 11 is 1.83. The van der Waals surface area contributed by atoms with Crippen molar-refractivity contribution in [2.75, 3.05) is 0 Å². The predicted octanol–water partition coefficient (Wildman–Crippen LogP) is 10.8. The molecule has 1 atom stereocenters. The first-order valence-corrected chi connectivity index (χ1v) is 17.6. The Morgan fingerprint density at radius 3 is 2.32 bits per heavy atom. The van der Waals surface area contributed by atoms with E-state index >= 15 is 0 Å². The number of fused-ring (bicyclic) bond motifs is 13. The highest BCUT2D eigenvalue weighted by Crippen LogP contribution is 2.40. The van der Waals surface area contributed by atoms with Crippen LogP contribution in [0.1, 0.15) is 22.9 Å². The van der Waals surface area contributed by atoms with Crippen molar-refractivity contribution in [3.63, 3.8) is 0 Å². The van der Waals surface area contributed by atoms with Gasteiger partial charge >= 0.3 is 0 Å². The highest BCUT2D eigenvalue weighted by molar-refractivity contribution is 7.25. The minimum atomic E-state index is -0.310. The van der Waals surface area contributed by atoms with E-state index in [4.69, 9.17) is 15.0 Å². The molecule has 0 bridgehead atoms. The highest BCUT2D eigenvalue weighted by Gasteiger charge is 2.23. The number of pyridine rings is 1. The van der Waals surface area contributed by atoms with Crippen LogP contribution >= 0.6 is 11.3 Å². The van der Waals surface area contributed by atoms with Crippen LogP contribution in [0.25, 0.3) is 69.2 Å². The van der Waals surface area contributed by atoms with E-state index in [1.807, 2.05) is 23.5 Å². The number of hydrogen-bond acceptors (Lipinski definition) is 5. The number of rotatable bonds is 3. The Morgan fingerprint density at radius 2 is 1.38 bits per heavy atom. The third-order valence-electron chi connectivity index (χ3n) is 10.0. The van der Waals surface area contributed by atoms with Gasteiger partial charge in [-0.05, 0) is 63.5 Å². The predicted molar refractivity (Wildman–Crippen MR) is 210 cm³/mol. The van der Waals surface area contributed by atoms with E-state index in [9.17, 15) is 0 Å². The van der Waals surface area contributed by atoms with Gasteiger partial charge in [0, 0.05) is 48.3 Å². The van der Waals surface area contributed by atoms with E-state index in [1.165, 1.54) is 36.3 Å². The van der Waals surface area contributed by atoms with Crippen molar-refractivity contribution in [3.05, 3.63) is 168 Å². The highest BCUT2D eigenvalue weighted by atomic mass is 32.1. The zero-order chi connectivity index (χ0) is 32.8. The monoisotopic (exact) mass is 657 g/mol. The quantitative estimate of drug-likeness (QED) is 0.192. The second kappa shape index (κ2) is 10.6. The lowest BCUT2D eigenvalue weighted by atomic mass is 9.93. The Kier molecular flexibility index (Phi) is 5.82. The summed E-state index contributed by atoms with van der Waals surface area (Å²) in [6.45, 7) is 0. The zero-order valence-corrected chi connectivity index (χ0v) is 27.5. The van der Waals surface area contributed by atoms with Gasteiger partial charge in [0.15, 0.2) is 5.84 Å². The van der Waals surface area contributed by atoms with Gasteiger partial charge in [-0.1, -0.05) is 109 Å². The van der Waals surface area contributed by atoms with Crippen LogP contribution in [-0.4, -0.2) is 21.1 Å². The van der Waals surface area contributed by atoms with Gasteiger partial charge in [0.25, 0.3) is 0 Å². The van der Waals surface area contributed by atoms with E-state index in [2.05, 4.69) is 149 Å². The van der Waals surface area contributed by atoms with E-state index in [-0.39, 0.29) is 6.17 Å². The number of amidine groups is 2. The molecule has 6 heteroatoms. The van der Waals surface area contributed by atoms with Crippen LogP contribution in [0.2, 0.25) is 0 Å². The number of aliphatic imine (C=N–C) groups is 2. The summed E-state index contributed by atoms with van der Waals surface area (Å²) in [5.41, 5.74) is 6.16. The lowest BCUT2D eigenvalue weighted by molar-refractivity contribution is 0.675. The fourth-order valence-corrected chi connectivity index (χ4v) is 8.79. The van der Waals surface area contributed by atoms with Crippen LogP contribution in [0.4, 0.5) is 0 Å². The average molecular weight is 658 g/mol. The van der Waals surface area contributed by atoms with E-state index in [1.54, 1.807) is 0 Å². The molecule has 1 aliphatic rings. The number of thiophene rings is 1. The van der Waals surface area contributed by atoms with Crippen LogP contribution in [0.15, 0.2) is 162 Å². The van der Waals surface area contributed by atoms with Crippen LogP contribution in [0, 0.1) is 0 Å². The largest absolute Gasteiger partial charge is 0.344 e. The summed E-state index contributed by atoms with van der Waals surface area (Å²) < 4.78 is 4.78. The average Bonchev–Trinajstić information content (AvgIpc) is 3.76. The standard InChI is InChI=1S/C44H27N5S/c1-2-11-27(12-3-1)42-46-43(48-44(47-42)29-19-22-37-34(24-29)31-14-6-7-15-36(31)50-37)28-18-20-32-35(25-28)39-30-13-5-4-10-26(30)17-21-33(39)40-41(32)49-23-9-8-16-38(49)45-40/h1-25,44H,(H,46,47,48). The van der Waals surface area contributed by atoms with Gasteiger partial charge in [-0.3, -0.25) is 4.40 Å². The fraction of sp³-hybridized carbons (Fsp3) is 0.0227. The van der Waals surface area contributed by atoms with Crippen LogP contribution in [0.5, 0.6) is 0 Å². The summed E-state index contributed by atoms with van der Waals surface area (Å²) in [7, 11) is 0. The van der Waals surface area contributed by atoms with Crippen molar-refractivity contribution in [1.29, 1.82) is 0 Å². The molecule has 3 aromatic heterocycles.